The van der Waals surface area contributed by atoms with E-state index in [0.717, 1.165) is 33.3 Å². The maximum Gasteiger partial charge on any atom is 0.272 e. The van der Waals surface area contributed by atoms with Crippen LogP contribution in [0.15, 0.2) is 90.2 Å². The lowest BCUT2D eigenvalue weighted by Crippen LogP contribution is -2.47. The van der Waals surface area contributed by atoms with Crippen molar-refractivity contribution in [2.75, 3.05) is 17.3 Å². The van der Waals surface area contributed by atoms with E-state index in [2.05, 4.69) is 15.6 Å². The molecule has 0 bridgehead atoms. The molecule has 8 heteroatoms. The number of halogens is 1. The molecular formula is C26H20ClN5OS. The van der Waals surface area contributed by atoms with Crippen LogP contribution >= 0.6 is 23.8 Å². The number of aromatic nitrogens is 1. The number of fused-ring (bicyclic) bond motifs is 2. The summed E-state index contributed by atoms with van der Waals surface area (Å²) in [5.41, 5.74) is 3.77. The second-order valence-electron chi connectivity index (χ2n) is 7.81. The molecule has 2 N–H and O–H groups in total. The lowest BCUT2D eigenvalue weighted by Gasteiger charge is -2.22. The van der Waals surface area contributed by atoms with Gasteiger partial charge in [-0.3, -0.25) is 9.78 Å². The van der Waals surface area contributed by atoms with Gasteiger partial charge in [-0.05, 0) is 30.4 Å². The van der Waals surface area contributed by atoms with Crippen LogP contribution in [-0.4, -0.2) is 34.9 Å². The van der Waals surface area contributed by atoms with Crippen LogP contribution in [0.4, 0.5) is 11.4 Å². The SMILES string of the molecule is CN1C(=O)C(NC(=S)Nc2cncc3ccccc23)N=C(c2ccccc2)c2cc(Cl)ccc21. The summed E-state index contributed by atoms with van der Waals surface area (Å²) in [6.07, 6.45) is 2.56. The summed E-state index contributed by atoms with van der Waals surface area (Å²) in [7, 11) is 1.72. The van der Waals surface area contributed by atoms with Gasteiger partial charge < -0.3 is 15.5 Å². The maximum absolute atomic E-state index is 13.4. The Morgan fingerprint density at radius 2 is 1.79 bits per heavy atom. The van der Waals surface area contributed by atoms with Gasteiger partial charge in [0, 0.05) is 40.2 Å². The van der Waals surface area contributed by atoms with E-state index >= 15 is 0 Å². The number of likely N-dealkylation sites (N-methyl/N-ethyl adjacent to an activating group) is 1. The molecule has 1 unspecified atom stereocenters. The molecule has 1 aromatic heterocycles. The van der Waals surface area contributed by atoms with Gasteiger partial charge in [0.2, 0.25) is 6.17 Å². The lowest BCUT2D eigenvalue weighted by atomic mass is 10.0. The van der Waals surface area contributed by atoms with Crippen molar-refractivity contribution in [1.82, 2.24) is 10.3 Å². The standard InChI is InChI=1S/C26H20ClN5OS/c1-32-22-12-11-18(27)13-20(22)23(16-7-3-2-4-8-16)30-24(25(32)33)31-26(34)29-21-15-28-14-17-9-5-6-10-19(17)21/h2-15,24H,1H3,(H2,29,31,34). The van der Waals surface area contributed by atoms with E-state index in [1.165, 1.54) is 0 Å². The predicted molar refractivity (Wildman–Crippen MR) is 142 cm³/mol. The number of benzodiazepines with no additional fused rings is 1. The first-order valence-corrected chi connectivity index (χ1v) is 11.4. The molecule has 34 heavy (non-hydrogen) atoms. The van der Waals surface area contributed by atoms with Gasteiger partial charge in [0.15, 0.2) is 5.11 Å². The number of thiocarbonyl (C=S) groups is 1. The molecule has 3 aromatic carbocycles. The van der Waals surface area contributed by atoms with Crippen molar-refractivity contribution < 1.29 is 4.79 Å². The highest BCUT2D eigenvalue weighted by atomic mass is 35.5. The van der Waals surface area contributed by atoms with Crippen LogP contribution in [-0.2, 0) is 4.79 Å². The van der Waals surface area contributed by atoms with E-state index in [9.17, 15) is 4.79 Å². The summed E-state index contributed by atoms with van der Waals surface area (Å²) in [6, 6.07) is 23.0. The fraction of sp³-hybridized carbons (Fsp3) is 0.0769. The number of nitrogens with zero attached hydrogens (tertiary/aromatic N) is 3. The highest BCUT2D eigenvalue weighted by molar-refractivity contribution is 7.80. The minimum absolute atomic E-state index is 0.241. The topological polar surface area (TPSA) is 69.6 Å². The summed E-state index contributed by atoms with van der Waals surface area (Å²) in [5.74, 6) is -0.241. The Morgan fingerprint density at radius 3 is 2.62 bits per heavy atom. The number of amides is 1. The molecule has 6 nitrogen and oxygen atoms in total. The molecule has 0 saturated heterocycles. The molecule has 0 fully saturated rings. The quantitative estimate of drug-likeness (QED) is 0.399. The summed E-state index contributed by atoms with van der Waals surface area (Å²) in [4.78, 5) is 24.1. The number of rotatable bonds is 3. The van der Waals surface area contributed by atoms with Crippen molar-refractivity contribution in [3.8, 4) is 0 Å². The van der Waals surface area contributed by atoms with Crippen LogP contribution in [0, 0.1) is 0 Å². The van der Waals surface area contributed by atoms with Gasteiger partial charge in [-0.2, -0.15) is 0 Å². The maximum atomic E-state index is 13.4. The number of anilines is 2. The van der Waals surface area contributed by atoms with Crippen molar-refractivity contribution in [2.45, 2.75) is 6.17 Å². The van der Waals surface area contributed by atoms with Crippen LogP contribution < -0.4 is 15.5 Å². The number of pyridine rings is 1. The summed E-state index contributed by atoms with van der Waals surface area (Å²) in [6.45, 7) is 0. The van der Waals surface area contributed by atoms with Crippen LogP contribution in [0.2, 0.25) is 5.02 Å². The summed E-state index contributed by atoms with van der Waals surface area (Å²) in [5, 5.41) is 9.04. The van der Waals surface area contributed by atoms with Crippen molar-refractivity contribution in [3.05, 3.63) is 101 Å². The third-order valence-corrected chi connectivity index (χ3v) is 6.08. The Kier molecular flexibility index (Phi) is 5.96. The van der Waals surface area contributed by atoms with Crippen LogP contribution in [0.25, 0.3) is 10.8 Å². The largest absolute Gasteiger partial charge is 0.333 e. The van der Waals surface area contributed by atoms with E-state index in [-0.39, 0.29) is 11.0 Å². The monoisotopic (exact) mass is 485 g/mol. The molecule has 0 saturated carbocycles. The lowest BCUT2D eigenvalue weighted by molar-refractivity contribution is -0.119. The highest BCUT2D eigenvalue weighted by Gasteiger charge is 2.30. The van der Waals surface area contributed by atoms with Gasteiger partial charge >= 0.3 is 0 Å². The third kappa shape index (κ3) is 4.23. The van der Waals surface area contributed by atoms with E-state index in [0.29, 0.717) is 10.7 Å². The average Bonchev–Trinajstić information content (AvgIpc) is 2.95. The van der Waals surface area contributed by atoms with Gasteiger partial charge in [-0.25, -0.2) is 4.99 Å². The summed E-state index contributed by atoms with van der Waals surface area (Å²) < 4.78 is 0. The fourth-order valence-corrected chi connectivity index (χ4v) is 4.36. The molecule has 0 spiro atoms. The zero-order valence-electron chi connectivity index (χ0n) is 18.2. The molecule has 4 aromatic rings. The second-order valence-corrected chi connectivity index (χ2v) is 8.66. The van der Waals surface area contributed by atoms with Gasteiger partial charge in [-0.1, -0.05) is 66.2 Å². The highest BCUT2D eigenvalue weighted by Crippen LogP contribution is 2.30. The molecule has 0 radical (unpaired) electrons. The molecule has 5 rings (SSSR count). The van der Waals surface area contributed by atoms with Gasteiger partial charge in [0.25, 0.3) is 5.91 Å². The number of benzene rings is 3. The zero-order valence-corrected chi connectivity index (χ0v) is 19.8. The first-order valence-electron chi connectivity index (χ1n) is 10.6. The zero-order chi connectivity index (χ0) is 23.7. The van der Waals surface area contributed by atoms with E-state index < -0.39 is 6.17 Å². The Balaban J connectivity index is 1.51. The van der Waals surface area contributed by atoms with Crippen LogP contribution in [0.1, 0.15) is 11.1 Å². The number of carbonyl (C=O) groups is 1. The molecule has 1 atom stereocenters. The molecule has 1 aliphatic rings. The van der Waals surface area contributed by atoms with Gasteiger partial charge in [0.05, 0.1) is 23.3 Å². The Hall–Kier alpha value is -3.81. The van der Waals surface area contributed by atoms with E-state index in [1.807, 2.05) is 66.7 Å². The van der Waals surface area contributed by atoms with Gasteiger partial charge in [-0.15, -0.1) is 0 Å². The number of hydrogen-bond donors (Lipinski definition) is 2. The molecule has 1 amide bonds. The first kappa shape index (κ1) is 22.0. The average molecular weight is 486 g/mol. The molecule has 1 aliphatic heterocycles. The number of carbonyl (C=O) groups excluding carboxylic acids is 1. The second kappa shape index (κ2) is 9.21. The molecular weight excluding hydrogens is 466 g/mol. The number of nitrogens with one attached hydrogen (secondary N) is 2. The summed E-state index contributed by atoms with van der Waals surface area (Å²) >= 11 is 11.9. The molecule has 168 valence electrons. The van der Waals surface area contributed by atoms with Crippen molar-refractivity contribution in [1.29, 1.82) is 0 Å². The normalized spacial score (nSPS) is 15.4. The molecule has 0 aliphatic carbocycles. The van der Waals surface area contributed by atoms with Crippen molar-refractivity contribution in [3.63, 3.8) is 0 Å². The number of aliphatic imine (C=N–C) groups is 1. The Labute approximate surface area is 207 Å². The van der Waals surface area contributed by atoms with Crippen molar-refractivity contribution >= 4 is 62.7 Å². The Morgan fingerprint density at radius 1 is 1.03 bits per heavy atom. The fourth-order valence-electron chi connectivity index (χ4n) is 3.97. The Bertz CT molecular complexity index is 1430. The van der Waals surface area contributed by atoms with E-state index in [1.54, 1.807) is 30.4 Å². The number of hydrogen-bond acceptors (Lipinski definition) is 4. The molecule has 2 heterocycles. The van der Waals surface area contributed by atoms with Crippen LogP contribution in [0.5, 0.6) is 0 Å². The van der Waals surface area contributed by atoms with Crippen molar-refractivity contribution in [2.24, 2.45) is 4.99 Å². The minimum Gasteiger partial charge on any atom is -0.333 e. The first-order chi connectivity index (χ1) is 16.5. The van der Waals surface area contributed by atoms with Gasteiger partial charge in [0.1, 0.15) is 0 Å². The smallest absolute Gasteiger partial charge is 0.272 e. The van der Waals surface area contributed by atoms with E-state index in [4.69, 9.17) is 28.8 Å². The predicted octanol–water partition coefficient (Wildman–Crippen LogP) is 5.01. The minimum atomic E-state index is -0.936. The third-order valence-electron chi connectivity index (χ3n) is 5.63. The van der Waals surface area contributed by atoms with Crippen LogP contribution in [0.3, 0.4) is 0 Å².